The monoisotopic (exact) mass is 445 g/mol. The van der Waals surface area contributed by atoms with Crippen LogP contribution in [-0.2, 0) is 19.6 Å². The lowest BCUT2D eigenvalue weighted by Crippen LogP contribution is -2.43. The number of aromatic nitrogens is 1. The van der Waals surface area contributed by atoms with Gasteiger partial charge in [0.2, 0.25) is 15.9 Å². The molecule has 29 heavy (non-hydrogen) atoms. The molecule has 0 amide bonds. The van der Waals surface area contributed by atoms with E-state index < -0.39 is 15.8 Å². The highest BCUT2D eigenvalue weighted by Crippen LogP contribution is 2.20. The summed E-state index contributed by atoms with van der Waals surface area (Å²) in [6, 6.07) is 3.40. The van der Waals surface area contributed by atoms with E-state index in [1.807, 2.05) is 0 Å². The molecule has 0 aliphatic carbocycles. The molecule has 1 aromatic heterocycles. The van der Waals surface area contributed by atoms with Crippen LogP contribution in [0, 0.1) is 0 Å². The van der Waals surface area contributed by atoms with Gasteiger partial charge in [-0.15, -0.1) is 0 Å². The highest BCUT2D eigenvalue weighted by atomic mass is 35.5. The Morgan fingerprint density at radius 1 is 1.21 bits per heavy atom. The van der Waals surface area contributed by atoms with E-state index in [9.17, 15) is 13.2 Å². The number of carbonyl (C=O) groups is 1. The minimum Gasteiger partial charge on any atom is -0.474 e. The van der Waals surface area contributed by atoms with Crippen molar-refractivity contribution in [3.05, 3.63) is 23.4 Å². The first-order valence-electron chi connectivity index (χ1n) is 10.0. The number of sulfonamides is 1. The molecule has 0 saturated carbocycles. The van der Waals surface area contributed by atoms with Crippen LogP contribution in [0.2, 0.25) is 5.02 Å². The first-order valence-corrected chi connectivity index (χ1v) is 12.0. The topological polar surface area (TPSA) is 89.0 Å². The predicted octanol–water partition coefficient (Wildman–Crippen LogP) is 1.59. The molecule has 0 radical (unpaired) electrons. The van der Waals surface area contributed by atoms with E-state index in [0.717, 1.165) is 32.8 Å². The quantitative estimate of drug-likeness (QED) is 0.570. The molecule has 3 rings (SSSR count). The number of pyridine rings is 1. The van der Waals surface area contributed by atoms with Crippen LogP contribution in [0.15, 0.2) is 18.3 Å². The van der Waals surface area contributed by atoms with Gasteiger partial charge in [0.1, 0.15) is 17.6 Å². The van der Waals surface area contributed by atoms with Crippen LogP contribution in [0.1, 0.15) is 25.7 Å². The van der Waals surface area contributed by atoms with Gasteiger partial charge in [-0.25, -0.2) is 17.7 Å². The van der Waals surface area contributed by atoms with Crippen LogP contribution in [0.25, 0.3) is 0 Å². The molecule has 0 unspecified atom stereocenters. The highest BCUT2D eigenvalue weighted by molar-refractivity contribution is 7.89. The van der Waals surface area contributed by atoms with Crippen molar-refractivity contribution >= 4 is 27.4 Å². The molecule has 0 N–H and O–H groups in total. The summed E-state index contributed by atoms with van der Waals surface area (Å²) in [6.45, 7) is 4.68. The molecule has 2 aliphatic rings. The fraction of sp³-hybridized carbons (Fsp3) is 0.684. The van der Waals surface area contributed by atoms with Gasteiger partial charge in [-0.05, 0) is 31.9 Å². The lowest BCUT2D eigenvalue weighted by atomic mass is 10.1. The van der Waals surface area contributed by atoms with Crippen molar-refractivity contribution in [3.8, 4) is 5.88 Å². The fourth-order valence-electron chi connectivity index (χ4n) is 3.52. The van der Waals surface area contributed by atoms with Gasteiger partial charge in [0.05, 0.1) is 18.2 Å². The predicted molar refractivity (Wildman–Crippen MR) is 110 cm³/mol. The van der Waals surface area contributed by atoms with Gasteiger partial charge < -0.3 is 9.47 Å². The molecule has 0 bridgehead atoms. The van der Waals surface area contributed by atoms with Crippen molar-refractivity contribution in [1.29, 1.82) is 0 Å². The Labute approximate surface area is 177 Å². The largest absolute Gasteiger partial charge is 0.474 e. The maximum atomic E-state index is 12.6. The number of ketones is 1. The lowest BCUT2D eigenvalue weighted by molar-refractivity contribution is -0.116. The zero-order valence-corrected chi connectivity index (χ0v) is 18.0. The Kier molecular flexibility index (Phi) is 8.25. The third kappa shape index (κ3) is 7.18. The SMILES string of the molecule is O=C(CCCN1CCOCC1)CS(=O)(=O)N1CCC(Oc2ccc(Cl)cn2)CC1. The highest BCUT2D eigenvalue weighted by Gasteiger charge is 2.30. The average molecular weight is 446 g/mol. The fourth-order valence-corrected chi connectivity index (χ4v) is 5.14. The van der Waals surface area contributed by atoms with Gasteiger partial charge in [0, 0.05) is 44.9 Å². The standard InChI is InChI=1S/C19H28ClN3O5S/c20-16-3-4-19(21-14-16)28-18-5-8-23(9-6-18)29(25,26)15-17(24)2-1-7-22-10-12-27-13-11-22/h3-4,14,18H,1-2,5-13,15H2. The summed E-state index contributed by atoms with van der Waals surface area (Å²) in [6.07, 6.45) is 3.51. The Balaban J connectivity index is 1.38. The molecule has 0 spiro atoms. The van der Waals surface area contributed by atoms with E-state index in [0.29, 0.717) is 49.7 Å². The summed E-state index contributed by atoms with van der Waals surface area (Å²) in [5.74, 6) is -0.159. The summed E-state index contributed by atoms with van der Waals surface area (Å²) in [5, 5.41) is 0.535. The van der Waals surface area contributed by atoms with Crippen LogP contribution >= 0.6 is 11.6 Å². The zero-order valence-electron chi connectivity index (χ0n) is 16.5. The molecular weight excluding hydrogens is 418 g/mol. The van der Waals surface area contributed by atoms with E-state index in [2.05, 4.69) is 9.88 Å². The van der Waals surface area contributed by atoms with Gasteiger partial charge in [0.25, 0.3) is 0 Å². The number of ether oxygens (including phenoxy) is 2. The number of halogens is 1. The number of piperidine rings is 1. The van der Waals surface area contributed by atoms with E-state index in [-0.39, 0.29) is 11.9 Å². The van der Waals surface area contributed by atoms with Crippen molar-refractivity contribution in [3.63, 3.8) is 0 Å². The third-order valence-electron chi connectivity index (χ3n) is 5.16. The van der Waals surface area contributed by atoms with Gasteiger partial charge in [-0.2, -0.15) is 0 Å². The van der Waals surface area contributed by atoms with Gasteiger partial charge in [0.15, 0.2) is 0 Å². The number of hydrogen-bond acceptors (Lipinski definition) is 7. The van der Waals surface area contributed by atoms with Crippen LogP contribution in [0.3, 0.4) is 0 Å². The number of Topliss-reactive ketones (excluding diaryl/α,β-unsaturated/α-hetero) is 1. The maximum absolute atomic E-state index is 12.6. The molecule has 3 heterocycles. The van der Waals surface area contributed by atoms with Gasteiger partial charge in [-0.1, -0.05) is 11.6 Å². The number of rotatable bonds is 9. The molecule has 162 valence electrons. The van der Waals surface area contributed by atoms with E-state index >= 15 is 0 Å². The number of hydrogen-bond donors (Lipinski definition) is 0. The van der Waals surface area contributed by atoms with Crippen LogP contribution < -0.4 is 4.74 Å². The minimum absolute atomic E-state index is 0.0978. The Hall–Kier alpha value is -1.26. The maximum Gasteiger partial charge on any atom is 0.221 e. The first-order chi connectivity index (χ1) is 13.9. The minimum atomic E-state index is -3.58. The second kappa shape index (κ2) is 10.7. The van der Waals surface area contributed by atoms with Crippen molar-refractivity contribution in [1.82, 2.24) is 14.2 Å². The Morgan fingerprint density at radius 3 is 2.59 bits per heavy atom. The molecule has 2 fully saturated rings. The Morgan fingerprint density at radius 2 is 1.93 bits per heavy atom. The molecule has 1 aromatic rings. The van der Waals surface area contributed by atoms with Crippen LogP contribution in [0.4, 0.5) is 0 Å². The smallest absolute Gasteiger partial charge is 0.221 e. The second-order valence-electron chi connectivity index (χ2n) is 7.38. The third-order valence-corrected chi connectivity index (χ3v) is 7.22. The van der Waals surface area contributed by atoms with Crippen molar-refractivity contribution in [2.45, 2.75) is 31.8 Å². The Bertz CT molecular complexity index is 761. The van der Waals surface area contributed by atoms with Gasteiger partial charge >= 0.3 is 0 Å². The summed E-state index contributed by atoms with van der Waals surface area (Å²) in [5.41, 5.74) is 0. The van der Waals surface area contributed by atoms with E-state index in [1.54, 1.807) is 12.1 Å². The molecule has 8 nitrogen and oxygen atoms in total. The number of carbonyl (C=O) groups excluding carboxylic acids is 1. The molecule has 2 saturated heterocycles. The van der Waals surface area contributed by atoms with Crippen molar-refractivity contribution in [2.75, 3.05) is 51.7 Å². The summed E-state index contributed by atoms with van der Waals surface area (Å²) in [7, 11) is -3.58. The summed E-state index contributed by atoms with van der Waals surface area (Å²) < 4.78 is 37.6. The van der Waals surface area contributed by atoms with Crippen molar-refractivity contribution < 1.29 is 22.7 Å². The number of morpholine rings is 1. The lowest BCUT2D eigenvalue weighted by Gasteiger charge is -2.31. The normalized spacial score (nSPS) is 19.9. The zero-order chi connectivity index (χ0) is 20.7. The van der Waals surface area contributed by atoms with E-state index in [1.165, 1.54) is 10.5 Å². The summed E-state index contributed by atoms with van der Waals surface area (Å²) in [4.78, 5) is 18.5. The van der Waals surface area contributed by atoms with Gasteiger partial charge in [-0.3, -0.25) is 9.69 Å². The molecular formula is C19H28ClN3O5S. The van der Waals surface area contributed by atoms with Crippen molar-refractivity contribution in [2.24, 2.45) is 0 Å². The molecule has 2 aliphatic heterocycles. The van der Waals surface area contributed by atoms with Crippen LogP contribution in [-0.4, -0.2) is 86.2 Å². The average Bonchev–Trinajstić information content (AvgIpc) is 2.71. The van der Waals surface area contributed by atoms with E-state index in [4.69, 9.17) is 21.1 Å². The first kappa shape index (κ1) is 22.4. The molecule has 10 heteroatoms. The molecule has 0 aromatic carbocycles. The second-order valence-corrected chi connectivity index (χ2v) is 9.79. The molecule has 0 atom stereocenters. The summed E-state index contributed by atoms with van der Waals surface area (Å²) >= 11 is 5.81. The van der Waals surface area contributed by atoms with Crippen LogP contribution in [0.5, 0.6) is 5.88 Å². The number of nitrogens with zero attached hydrogens (tertiary/aromatic N) is 3.